The van der Waals surface area contributed by atoms with E-state index in [1.165, 1.54) is 12.1 Å². The molecule has 2 rings (SSSR count). The van der Waals surface area contributed by atoms with Gasteiger partial charge in [0.05, 0.1) is 0 Å². The van der Waals surface area contributed by atoms with Gasteiger partial charge in [-0.2, -0.15) is 0 Å². The second-order valence-corrected chi connectivity index (χ2v) is 5.17. The van der Waals surface area contributed by atoms with Crippen molar-refractivity contribution in [3.05, 3.63) is 34.9 Å². The molecule has 0 fully saturated rings. The molecule has 0 unspecified atom stereocenters. The highest BCUT2D eigenvalue weighted by Crippen LogP contribution is 2.31. The molecule has 2 N–H and O–H groups in total. The third-order valence-electron chi connectivity index (χ3n) is 2.99. The minimum Gasteiger partial charge on any atom is -0.383 e. The van der Waals surface area contributed by atoms with E-state index < -0.39 is 0 Å². The molecule has 0 saturated heterocycles. The fraction of sp³-hybridized carbons (Fsp3) is 0.357. The standard InChI is InChI=1S/C14H17ClFN3/c1-4-12-18-13(14(17)19(12)8(2)3)9-5-10(15)7-11(16)6-9/h5-8H,4,17H2,1-3H3. The Kier molecular flexibility index (Phi) is 3.80. The predicted octanol–water partition coefficient (Wildman–Crippen LogP) is 4.07. The zero-order valence-corrected chi connectivity index (χ0v) is 12.0. The number of aromatic nitrogens is 2. The molecular weight excluding hydrogens is 265 g/mol. The SMILES string of the molecule is CCc1nc(-c2cc(F)cc(Cl)c2)c(N)n1C(C)C. The van der Waals surface area contributed by atoms with Crippen LogP contribution in [-0.2, 0) is 6.42 Å². The van der Waals surface area contributed by atoms with E-state index in [-0.39, 0.29) is 11.9 Å². The molecule has 0 aliphatic rings. The summed E-state index contributed by atoms with van der Waals surface area (Å²) in [6.07, 6.45) is 0.769. The molecule has 1 aromatic heterocycles. The molecule has 0 radical (unpaired) electrons. The Bertz CT molecular complexity index is 585. The Labute approximate surface area is 117 Å². The quantitative estimate of drug-likeness (QED) is 0.922. The smallest absolute Gasteiger partial charge is 0.131 e. The fourth-order valence-corrected chi connectivity index (χ4v) is 2.44. The van der Waals surface area contributed by atoms with Crippen molar-refractivity contribution in [1.29, 1.82) is 0 Å². The molecular formula is C14H17ClFN3. The second kappa shape index (κ2) is 5.21. The summed E-state index contributed by atoms with van der Waals surface area (Å²) >= 11 is 5.88. The van der Waals surface area contributed by atoms with Crippen LogP contribution < -0.4 is 5.73 Å². The third kappa shape index (κ3) is 2.59. The van der Waals surface area contributed by atoms with Gasteiger partial charge in [0.2, 0.25) is 0 Å². The maximum atomic E-state index is 13.4. The van der Waals surface area contributed by atoms with Gasteiger partial charge in [0.1, 0.15) is 23.2 Å². The largest absolute Gasteiger partial charge is 0.383 e. The number of aryl methyl sites for hydroxylation is 1. The minimum absolute atomic E-state index is 0.209. The normalized spacial score (nSPS) is 11.3. The molecule has 0 bridgehead atoms. The lowest BCUT2D eigenvalue weighted by atomic mass is 10.1. The van der Waals surface area contributed by atoms with Gasteiger partial charge in [0.15, 0.2) is 0 Å². The number of hydrogen-bond acceptors (Lipinski definition) is 2. The van der Waals surface area contributed by atoms with Crippen LogP contribution in [0, 0.1) is 5.82 Å². The third-order valence-corrected chi connectivity index (χ3v) is 3.21. The summed E-state index contributed by atoms with van der Waals surface area (Å²) in [6, 6.07) is 4.55. The summed E-state index contributed by atoms with van der Waals surface area (Å²) in [5.41, 5.74) is 7.35. The van der Waals surface area contributed by atoms with Crippen molar-refractivity contribution in [3.8, 4) is 11.3 Å². The van der Waals surface area contributed by atoms with Crippen molar-refractivity contribution >= 4 is 17.4 Å². The maximum Gasteiger partial charge on any atom is 0.131 e. The zero-order valence-electron chi connectivity index (χ0n) is 11.2. The van der Waals surface area contributed by atoms with E-state index in [1.807, 2.05) is 25.3 Å². The summed E-state index contributed by atoms with van der Waals surface area (Å²) in [5, 5.41) is 0.339. The van der Waals surface area contributed by atoms with E-state index in [9.17, 15) is 4.39 Å². The topological polar surface area (TPSA) is 43.8 Å². The maximum absolute atomic E-state index is 13.4. The van der Waals surface area contributed by atoms with Crippen molar-refractivity contribution in [3.63, 3.8) is 0 Å². The van der Waals surface area contributed by atoms with E-state index in [2.05, 4.69) is 4.98 Å². The number of hydrogen-bond donors (Lipinski definition) is 1. The summed E-state index contributed by atoms with van der Waals surface area (Å²) in [5.74, 6) is 1.05. The Morgan fingerprint density at radius 3 is 2.53 bits per heavy atom. The fourth-order valence-electron chi connectivity index (χ4n) is 2.22. The van der Waals surface area contributed by atoms with Gasteiger partial charge in [0, 0.05) is 23.0 Å². The van der Waals surface area contributed by atoms with E-state index in [0.717, 1.165) is 12.2 Å². The molecule has 5 heteroatoms. The summed E-state index contributed by atoms with van der Waals surface area (Å²) < 4.78 is 15.4. The van der Waals surface area contributed by atoms with Crippen LogP contribution in [0.3, 0.4) is 0 Å². The second-order valence-electron chi connectivity index (χ2n) is 4.74. The van der Waals surface area contributed by atoms with Crippen LogP contribution in [0.25, 0.3) is 11.3 Å². The highest BCUT2D eigenvalue weighted by molar-refractivity contribution is 6.30. The summed E-state index contributed by atoms with van der Waals surface area (Å²) in [6.45, 7) is 6.10. The molecule has 3 nitrogen and oxygen atoms in total. The van der Waals surface area contributed by atoms with Crippen molar-refractivity contribution in [2.75, 3.05) is 5.73 Å². The van der Waals surface area contributed by atoms with E-state index in [4.69, 9.17) is 17.3 Å². The monoisotopic (exact) mass is 281 g/mol. The molecule has 1 heterocycles. The number of rotatable bonds is 3. The Balaban J connectivity index is 2.62. The van der Waals surface area contributed by atoms with E-state index >= 15 is 0 Å². The lowest BCUT2D eigenvalue weighted by molar-refractivity contribution is 0.579. The molecule has 0 aliphatic heterocycles. The van der Waals surface area contributed by atoms with E-state index in [0.29, 0.717) is 22.1 Å². The van der Waals surface area contributed by atoms with Crippen molar-refractivity contribution < 1.29 is 4.39 Å². The van der Waals surface area contributed by atoms with Gasteiger partial charge in [0.25, 0.3) is 0 Å². The molecule has 102 valence electrons. The molecule has 0 amide bonds. The van der Waals surface area contributed by atoms with Gasteiger partial charge >= 0.3 is 0 Å². The number of imidazole rings is 1. The average Bonchev–Trinajstić information content (AvgIpc) is 2.64. The lowest BCUT2D eigenvalue weighted by Gasteiger charge is -2.12. The van der Waals surface area contributed by atoms with Crippen LogP contribution in [0.2, 0.25) is 5.02 Å². The van der Waals surface area contributed by atoms with Crippen LogP contribution in [0.4, 0.5) is 10.2 Å². The van der Waals surface area contributed by atoms with E-state index in [1.54, 1.807) is 6.07 Å². The first-order chi connectivity index (χ1) is 8.93. The van der Waals surface area contributed by atoms with Crippen molar-refractivity contribution in [1.82, 2.24) is 9.55 Å². The van der Waals surface area contributed by atoms with Crippen LogP contribution in [0.1, 0.15) is 32.6 Å². The van der Waals surface area contributed by atoms with Gasteiger partial charge < -0.3 is 10.3 Å². The van der Waals surface area contributed by atoms with Crippen LogP contribution >= 0.6 is 11.6 Å². The number of nitrogen functional groups attached to an aromatic ring is 1. The van der Waals surface area contributed by atoms with Crippen molar-refractivity contribution in [2.45, 2.75) is 33.2 Å². The van der Waals surface area contributed by atoms with Crippen LogP contribution in [0.5, 0.6) is 0 Å². The molecule has 0 spiro atoms. The summed E-state index contributed by atoms with van der Waals surface area (Å²) in [7, 11) is 0. The highest BCUT2D eigenvalue weighted by atomic mass is 35.5. The summed E-state index contributed by atoms with van der Waals surface area (Å²) in [4.78, 5) is 4.51. The number of benzene rings is 1. The highest BCUT2D eigenvalue weighted by Gasteiger charge is 2.17. The van der Waals surface area contributed by atoms with Gasteiger partial charge in [-0.1, -0.05) is 18.5 Å². The number of anilines is 1. The number of nitrogens with two attached hydrogens (primary N) is 1. The zero-order chi connectivity index (χ0) is 14.2. The Hall–Kier alpha value is -1.55. The van der Waals surface area contributed by atoms with Gasteiger partial charge in [-0.25, -0.2) is 9.37 Å². The predicted molar refractivity (Wildman–Crippen MR) is 76.8 cm³/mol. The molecule has 0 saturated carbocycles. The molecule has 19 heavy (non-hydrogen) atoms. The Morgan fingerprint density at radius 1 is 1.37 bits per heavy atom. The van der Waals surface area contributed by atoms with Gasteiger partial charge in [-0.3, -0.25) is 0 Å². The average molecular weight is 282 g/mol. The van der Waals surface area contributed by atoms with Crippen LogP contribution in [0.15, 0.2) is 18.2 Å². The van der Waals surface area contributed by atoms with Crippen molar-refractivity contribution in [2.24, 2.45) is 0 Å². The minimum atomic E-state index is -0.390. The molecule has 2 aromatic rings. The molecule has 1 aromatic carbocycles. The number of nitrogens with zero attached hydrogens (tertiary/aromatic N) is 2. The number of halogens is 2. The van der Waals surface area contributed by atoms with Crippen LogP contribution in [-0.4, -0.2) is 9.55 Å². The lowest BCUT2D eigenvalue weighted by Crippen LogP contribution is -2.08. The Morgan fingerprint density at radius 2 is 2.05 bits per heavy atom. The first kappa shape index (κ1) is 13.9. The van der Waals surface area contributed by atoms with Gasteiger partial charge in [-0.15, -0.1) is 0 Å². The molecule has 0 aliphatic carbocycles. The van der Waals surface area contributed by atoms with Gasteiger partial charge in [-0.05, 0) is 32.0 Å². The first-order valence-electron chi connectivity index (χ1n) is 6.27. The first-order valence-corrected chi connectivity index (χ1v) is 6.64. The molecule has 0 atom stereocenters.